The number of ketones is 2. The SMILES string of the molecule is COc1ccc(C[C@H](NC(=O)[C@@H](C)NC(=O)C2CCOCC2)C(=O)N[C@@H](CC2CCCC2Oc2cc(CC[C@H](NC(=O)[C@@H](C)NC(=O)C3CCOCC3)C(=O)N[C@@H](CC3=CCCC3)C(=O)[C@@]3(C)CO3)ccc2OC)C(=O)[C@@]2(C)CO2)cc1O. The second kappa shape index (κ2) is 28.3. The van der Waals surface area contributed by atoms with E-state index in [1.54, 1.807) is 39.0 Å². The first kappa shape index (κ1) is 62.4. The monoisotopic (exact) mass is 1160 g/mol. The van der Waals surface area contributed by atoms with E-state index in [1.165, 1.54) is 27.2 Å². The normalized spacial score (nSPS) is 24.5. The first-order valence-corrected chi connectivity index (χ1v) is 29.5. The van der Waals surface area contributed by atoms with E-state index >= 15 is 0 Å². The number of rotatable bonds is 29. The average molecular weight is 1160 g/mol. The van der Waals surface area contributed by atoms with E-state index in [4.69, 9.17) is 33.2 Å². The number of Topliss-reactive ketones (excluding diaryl/α,β-unsaturated/α-hetero) is 2. The van der Waals surface area contributed by atoms with Crippen molar-refractivity contribution >= 4 is 47.0 Å². The summed E-state index contributed by atoms with van der Waals surface area (Å²) in [4.78, 5) is 111. The summed E-state index contributed by atoms with van der Waals surface area (Å²) in [6.07, 6.45) is 9.18. The van der Waals surface area contributed by atoms with Gasteiger partial charge in [-0.3, -0.25) is 38.4 Å². The highest BCUT2D eigenvalue weighted by Gasteiger charge is 2.52. The summed E-state index contributed by atoms with van der Waals surface area (Å²) in [5, 5.41) is 27.8. The van der Waals surface area contributed by atoms with Crippen molar-refractivity contribution in [1.29, 1.82) is 0 Å². The lowest BCUT2D eigenvalue weighted by Gasteiger charge is -2.29. The Kier molecular flexibility index (Phi) is 21.3. The molecule has 22 nitrogen and oxygen atoms in total. The van der Waals surface area contributed by atoms with Crippen molar-refractivity contribution in [2.24, 2.45) is 17.8 Å². The molecule has 10 atom stereocenters. The highest BCUT2D eigenvalue weighted by molar-refractivity contribution is 6.00. The highest BCUT2D eigenvalue weighted by Crippen LogP contribution is 2.39. The predicted molar refractivity (Wildman–Crippen MR) is 301 cm³/mol. The summed E-state index contributed by atoms with van der Waals surface area (Å²) in [5.74, 6) is -3.57. The van der Waals surface area contributed by atoms with Crippen LogP contribution in [0.3, 0.4) is 0 Å². The molecule has 6 amide bonds. The summed E-state index contributed by atoms with van der Waals surface area (Å²) in [7, 11) is 2.92. The number of aromatic hydroxyl groups is 1. The van der Waals surface area contributed by atoms with E-state index in [1.807, 2.05) is 12.1 Å². The van der Waals surface area contributed by atoms with Gasteiger partial charge in [-0.1, -0.05) is 23.8 Å². The van der Waals surface area contributed by atoms with Crippen molar-refractivity contribution in [2.45, 2.75) is 178 Å². The minimum atomic E-state index is -1.26. The molecule has 83 heavy (non-hydrogen) atoms. The fraction of sp³-hybridized carbons (Fsp3) is 0.639. The third-order valence-corrected chi connectivity index (χ3v) is 17.1. The molecule has 22 heteroatoms. The number of aryl methyl sites for hydroxylation is 1. The zero-order valence-electron chi connectivity index (χ0n) is 48.7. The minimum Gasteiger partial charge on any atom is -0.504 e. The van der Waals surface area contributed by atoms with Crippen LogP contribution in [0.4, 0.5) is 0 Å². The highest BCUT2D eigenvalue weighted by atomic mass is 16.6. The molecular formula is C61H84N6O16. The van der Waals surface area contributed by atoms with E-state index in [2.05, 4.69) is 38.0 Å². The summed E-state index contributed by atoms with van der Waals surface area (Å²) in [6.45, 7) is 8.64. The van der Waals surface area contributed by atoms with Crippen LogP contribution in [0, 0.1) is 17.8 Å². The van der Waals surface area contributed by atoms with Gasteiger partial charge < -0.3 is 70.2 Å². The lowest BCUT2D eigenvalue weighted by Crippen LogP contribution is -2.57. The summed E-state index contributed by atoms with van der Waals surface area (Å²) >= 11 is 0. The van der Waals surface area contributed by atoms with Gasteiger partial charge in [-0.2, -0.15) is 0 Å². The van der Waals surface area contributed by atoms with Crippen LogP contribution in [0.5, 0.6) is 23.0 Å². The molecule has 4 aliphatic heterocycles. The van der Waals surface area contributed by atoms with Crippen molar-refractivity contribution in [1.82, 2.24) is 31.9 Å². The molecule has 4 saturated heterocycles. The molecular weight excluding hydrogens is 1070 g/mol. The minimum absolute atomic E-state index is 0.0880. The van der Waals surface area contributed by atoms with Crippen molar-refractivity contribution in [3.63, 3.8) is 0 Å². The maximum Gasteiger partial charge on any atom is 0.243 e. The van der Waals surface area contributed by atoms with Crippen molar-refractivity contribution < 1.29 is 76.6 Å². The maximum absolute atomic E-state index is 14.6. The Morgan fingerprint density at radius 2 is 1.13 bits per heavy atom. The molecule has 0 aromatic heterocycles. The number of ether oxygens (including phenoxy) is 7. The van der Waals surface area contributed by atoms with Crippen molar-refractivity contribution in [2.75, 3.05) is 53.9 Å². The van der Waals surface area contributed by atoms with Crippen molar-refractivity contribution in [3.8, 4) is 23.0 Å². The van der Waals surface area contributed by atoms with Gasteiger partial charge in [0.2, 0.25) is 35.4 Å². The van der Waals surface area contributed by atoms with Crippen LogP contribution in [0.25, 0.3) is 0 Å². The molecule has 1 saturated carbocycles. The van der Waals surface area contributed by atoms with Crippen LogP contribution in [0.15, 0.2) is 48.0 Å². The number of phenolic OH excluding ortho intramolecular Hbond substituents is 1. The molecule has 0 spiro atoms. The predicted octanol–water partition coefficient (Wildman–Crippen LogP) is 3.54. The third kappa shape index (κ3) is 16.8. The van der Waals surface area contributed by atoms with Crippen LogP contribution < -0.4 is 46.1 Å². The number of phenols is 1. The number of epoxide rings is 2. The molecule has 2 aromatic carbocycles. The fourth-order valence-corrected chi connectivity index (χ4v) is 11.5. The van der Waals surface area contributed by atoms with E-state index in [0.29, 0.717) is 88.4 Å². The Bertz CT molecular complexity index is 2710. The molecule has 0 radical (unpaired) electrons. The van der Waals surface area contributed by atoms with Gasteiger partial charge in [0.25, 0.3) is 0 Å². The fourth-order valence-electron chi connectivity index (χ4n) is 11.5. The van der Waals surface area contributed by atoms with E-state index in [0.717, 1.165) is 36.8 Å². The molecule has 454 valence electrons. The maximum atomic E-state index is 14.6. The van der Waals surface area contributed by atoms with Crippen LogP contribution in [0.2, 0.25) is 0 Å². The summed E-state index contributed by atoms with van der Waals surface area (Å²) in [6, 6.07) is 3.69. The first-order valence-electron chi connectivity index (χ1n) is 29.5. The summed E-state index contributed by atoms with van der Waals surface area (Å²) in [5.41, 5.74) is 0.139. The van der Waals surface area contributed by atoms with Crippen molar-refractivity contribution in [3.05, 3.63) is 59.2 Å². The molecule has 2 aliphatic carbocycles. The van der Waals surface area contributed by atoms with Crippen LogP contribution >= 0.6 is 0 Å². The standard InChI is InChI=1S/C61H84N6O16/c1-35(62-56(73)40-20-24-79-25-21-40)54(71)64-43(58(75)65-44(28-37-10-7-8-11-37)52(69)60(3)33-81-60)17-14-38-15-19-50(78-6)51(31-38)83-48-13-9-12-42(48)32-45(53(70)61(4)34-82-61)66-59(76)46(29-39-16-18-49(77-5)47(68)30-39)67-55(72)36(2)63-57(74)41-22-26-80-27-23-41/h10,15-16,18-19,30-31,35-36,40-46,48,68H,7-9,11-14,17,20-29,32-34H2,1-6H3,(H,62,73)(H,63,74)(H,64,71)(H,65,75)(H,66,76)(H,67,72)/t35-,36-,42?,43+,44+,45+,46+,48?,60-,61-/m1/s1. The van der Waals surface area contributed by atoms with Gasteiger partial charge in [0.15, 0.2) is 34.6 Å². The molecule has 4 heterocycles. The van der Waals surface area contributed by atoms with E-state index < -0.39 is 77.2 Å². The van der Waals surface area contributed by atoms with Gasteiger partial charge in [-0.05, 0) is 159 Å². The number of methoxy groups -OCH3 is 2. The van der Waals surface area contributed by atoms with E-state index in [-0.39, 0.29) is 91.5 Å². The second-order valence-corrected chi connectivity index (χ2v) is 23.5. The number of carbonyl (C=O) groups excluding carboxylic acids is 8. The molecule has 7 N–H and O–H groups in total. The van der Waals surface area contributed by atoms with E-state index in [9.17, 15) is 43.5 Å². The largest absolute Gasteiger partial charge is 0.504 e. The van der Waals surface area contributed by atoms with Gasteiger partial charge >= 0.3 is 0 Å². The van der Waals surface area contributed by atoms with Gasteiger partial charge in [0.1, 0.15) is 41.5 Å². The van der Waals surface area contributed by atoms with Crippen LogP contribution in [-0.2, 0) is 70.1 Å². The lowest BCUT2D eigenvalue weighted by atomic mass is 9.89. The number of benzene rings is 2. The lowest BCUT2D eigenvalue weighted by molar-refractivity contribution is -0.135. The van der Waals surface area contributed by atoms with Gasteiger partial charge in [0, 0.05) is 44.7 Å². The van der Waals surface area contributed by atoms with Crippen LogP contribution in [-0.4, -0.2) is 160 Å². The molecule has 5 fully saturated rings. The second-order valence-electron chi connectivity index (χ2n) is 23.5. The Hall–Kier alpha value is -6.62. The molecule has 2 unspecified atom stereocenters. The van der Waals surface area contributed by atoms with Gasteiger partial charge in [0.05, 0.1) is 39.5 Å². The summed E-state index contributed by atoms with van der Waals surface area (Å²) < 4.78 is 39.8. The first-order chi connectivity index (χ1) is 39.8. The Morgan fingerprint density at radius 3 is 1.69 bits per heavy atom. The molecule has 0 bridgehead atoms. The number of nitrogens with one attached hydrogen (secondary N) is 6. The number of hydrogen-bond donors (Lipinski definition) is 7. The number of carbonyl (C=O) groups is 8. The number of allylic oxidation sites excluding steroid dienone is 1. The molecule has 6 aliphatic rings. The topological polar surface area (TPSA) is 300 Å². The Morgan fingerprint density at radius 1 is 0.602 bits per heavy atom. The third-order valence-electron chi connectivity index (χ3n) is 17.1. The number of hydrogen-bond acceptors (Lipinski definition) is 16. The Balaban J connectivity index is 0.971. The zero-order valence-corrected chi connectivity index (χ0v) is 48.7. The van der Waals surface area contributed by atoms with Crippen LogP contribution in [0.1, 0.15) is 122 Å². The Labute approximate surface area is 485 Å². The number of amides is 6. The molecule has 8 rings (SSSR count). The van der Waals surface area contributed by atoms with Gasteiger partial charge in [-0.25, -0.2) is 0 Å². The van der Waals surface area contributed by atoms with Gasteiger partial charge in [-0.15, -0.1) is 0 Å². The zero-order chi connectivity index (χ0) is 59.4. The quantitative estimate of drug-likeness (QED) is 0.0453. The molecule has 2 aromatic rings. The average Bonchev–Trinajstić information content (AvgIpc) is 4.42. The smallest absolute Gasteiger partial charge is 0.243 e.